The molecule has 2 N–H and O–H groups in total. The van der Waals surface area contributed by atoms with Gasteiger partial charge in [0.15, 0.2) is 5.03 Å². The molecule has 7 heteroatoms. The molecule has 0 aromatic rings. The predicted octanol–water partition coefficient (Wildman–Crippen LogP) is -0.0265. The van der Waals surface area contributed by atoms with Crippen LogP contribution in [0.5, 0.6) is 0 Å². The van der Waals surface area contributed by atoms with Crippen molar-refractivity contribution in [1.82, 2.24) is 4.90 Å². The van der Waals surface area contributed by atoms with E-state index in [1.165, 1.54) is 0 Å². The van der Waals surface area contributed by atoms with Gasteiger partial charge in [-0.25, -0.2) is 0 Å². The minimum atomic E-state index is -3.79. The first-order chi connectivity index (χ1) is 8.00. The van der Waals surface area contributed by atoms with Gasteiger partial charge in [0.25, 0.3) is 15.9 Å². The fraction of sp³-hybridized carbons (Fsp3) is 0.600. The Kier molecular flexibility index (Phi) is 3.19. The maximum Gasteiger partial charge on any atom is 0.298 e. The molecule has 0 aliphatic carbocycles. The summed E-state index contributed by atoms with van der Waals surface area (Å²) in [5, 5.41) is -0.351. The lowest BCUT2D eigenvalue weighted by Gasteiger charge is -2.19. The lowest BCUT2D eigenvalue weighted by Crippen LogP contribution is -2.36. The van der Waals surface area contributed by atoms with E-state index in [9.17, 15) is 13.2 Å². The molecule has 1 saturated heterocycles. The molecule has 2 aliphatic rings. The molecular weight excluding hydrogens is 242 g/mol. The third kappa shape index (κ3) is 2.49. The molecule has 6 nitrogen and oxygen atoms in total. The summed E-state index contributed by atoms with van der Waals surface area (Å²) in [6.45, 7) is 1.32. The molecule has 2 aliphatic heterocycles. The molecule has 0 unspecified atom stereocenters. The zero-order valence-corrected chi connectivity index (χ0v) is 10.2. The first-order valence-corrected chi connectivity index (χ1v) is 7.06. The minimum absolute atomic E-state index is 0.0654. The Balaban J connectivity index is 2.16. The number of hydrogen-bond acceptors (Lipinski definition) is 4. The van der Waals surface area contributed by atoms with Gasteiger partial charge < -0.3 is 10.6 Å². The third-order valence-electron chi connectivity index (χ3n) is 2.91. The summed E-state index contributed by atoms with van der Waals surface area (Å²) in [4.78, 5) is 13.7. The third-order valence-corrected chi connectivity index (χ3v) is 4.06. The predicted molar refractivity (Wildman–Crippen MR) is 63.7 cm³/mol. The van der Waals surface area contributed by atoms with Crippen LogP contribution in [0, 0.1) is 0 Å². The molecule has 2 heterocycles. The Morgan fingerprint density at radius 2 is 1.82 bits per heavy atom. The number of likely N-dealkylation sites (tertiary alicyclic amines) is 1. The molecule has 0 aromatic carbocycles. The Morgan fingerprint density at radius 3 is 2.29 bits per heavy atom. The Morgan fingerprint density at radius 1 is 1.24 bits per heavy atom. The van der Waals surface area contributed by atoms with Crippen LogP contribution < -0.4 is 5.73 Å². The number of carbonyl (C=O) groups excluding carboxylic acids is 1. The highest BCUT2D eigenvalue weighted by molar-refractivity contribution is 7.94. The number of amides is 1. The smallest absolute Gasteiger partial charge is 0.298 e. The van der Waals surface area contributed by atoms with Crippen LogP contribution in [-0.2, 0) is 14.8 Å². The van der Waals surface area contributed by atoms with Gasteiger partial charge in [0.05, 0.1) is 0 Å². The van der Waals surface area contributed by atoms with E-state index in [-0.39, 0.29) is 16.6 Å². The van der Waals surface area contributed by atoms with Crippen molar-refractivity contribution in [3.63, 3.8) is 0 Å². The normalized spacial score (nSPS) is 23.9. The van der Waals surface area contributed by atoms with Crippen LogP contribution in [0.2, 0.25) is 0 Å². The van der Waals surface area contributed by atoms with Gasteiger partial charge in [-0.05, 0) is 12.8 Å². The zero-order valence-electron chi connectivity index (χ0n) is 9.42. The average molecular weight is 257 g/mol. The summed E-state index contributed by atoms with van der Waals surface area (Å²) in [5.41, 5.74) is 5.22. The molecule has 2 rings (SSSR count). The molecule has 1 amide bonds. The molecule has 0 spiro atoms. The van der Waals surface area contributed by atoms with Crippen LogP contribution in [0.1, 0.15) is 25.7 Å². The summed E-state index contributed by atoms with van der Waals surface area (Å²) in [6.07, 6.45) is 5.25. The largest absolute Gasteiger partial charge is 0.388 e. The molecule has 0 radical (unpaired) electrons. The van der Waals surface area contributed by atoms with E-state index in [0.29, 0.717) is 13.1 Å². The van der Waals surface area contributed by atoms with Gasteiger partial charge in [-0.1, -0.05) is 12.8 Å². The van der Waals surface area contributed by atoms with Gasteiger partial charge in [-0.3, -0.25) is 4.79 Å². The molecule has 17 heavy (non-hydrogen) atoms. The van der Waals surface area contributed by atoms with E-state index >= 15 is 0 Å². The summed E-state index contributed by atoms with van der Waals surface area (Å²) in [7, 11) is -3.79. The van der Waals surface area contributed by atoms with Crippen molar-refractivity contribution in [3.8, 4) is 0 Å². The van der Waals surface area contributed by atoms with E-state index in [4.69, 9.17) is 5.73 Å². The Labute approximate surface area is 100 Å². The van der Waals surface area contributed by atoms with Crippen LogP contribution in [-0.4, -0.2) is 38.0 Å². The van der Waals surface area contributed by atoms with Gasteiger partial charge in [0, 0.05) is 19.2 Å². The van der Waals surface area contributed by atoms with Gasteiger partial charge in [-0.2, -0.15) is 12.8 Å². The number of hydrogen-bond donors (Lipinski definition) is 1. The van der Waals surface area contributed by atoms with Crippen molar-refractivity contribution < 1.29 is 13.2 Å². The van der Waals surface area contributed by atoms with Crippen molar-refractivity contribution in [1.29, 1.82) is 0 Å². The van der Waals surface area contributed by atoms with Gasteiger partial charge in [0.1, 0.15) is 5.71 Å². The van der Waals surface area contributed by atoms with Crippen molar-refractivity contribution >= 4 is 21.6 Å². The fourth-order valence-corrected chi connectivity index (χ4v) is 2.71. The topological polar surface area (TPSA) is 92.8 Å². The van der Waals surface area contributed by atoms with Crippen LogP contribution >= 0.6 is 0 Å². The standard InChI is InChI=1S/C10H15N3O3S/c11-9-7-8(12-17(9,15)16)10(14)13-5-3-1-2-4-6-13/h7H,1-6,11H2. The summed E-state index contributed by atoms with van der Waals surface area (Å²) >= 11 is 0. The minimum Gasteiger partial charge on any atom is -0.388 e. The molecule has 0 bridgehead atoms. The molecular formula is C10H15N3O3S. The maximum atomic E-state index is 12.0. The molecule has 0 aromatic heterocycles. The SMILES string of the molecule is NC1=CC(C(=O)N2CCCCCC2)=NS1(=O)=O. The number of carbonyl (C=O) groups is 1. The van der Waals surface area contributed by atoms with Crippen molar-refractivity contribution in [3.05, 3.63) is 11.1 Å². The molecule has 94 valence electrons. The van der Waals surface area contributed by atoms with Crippen molar-refractivity contribution in [2.24, 2.45) is 10.1 Å². The van der Waals surface area contributed by atoms with Gasteiger partial charge in [-0.15, -0.1) is 0 Å². The number of rotatable bonds is 1. The maximum absolute atomic E-state index is 12.0. The first kappa shape index (κ1) is 12.1. The van der Waals surface area contributed by atoms with Crippen LogP contribution in [0.4, 0.5) is 0 Å². The summed E-state index contributed by atoms with van der Waals surface area (Å²) < 4.78 is 25.9. The second-order valence-corrected chi connectivity index (χ2v) is 5.81. The quantitative estimate of drug-likeness (QED) is 0.714. The lowest BCUT2D eigenvalue weighted by molar-refractivity contribution is -0.123. The lowest BCUT2D eigenvalue weighted by atomic mass is 10.2. The van der Waals surface area contributed by atoms with E-state index in [2.05, 4.69) is 4.40 Å². The fourth-order valence-electron chi connectivity index (χ4n) is 1.95. The van der Waals surface area contributed by atoms with E-state index in [1.54, 1.807) is 4.90 Å². The zero-order chi connectivity index (χ0) is 12.5. The van der Waals surface area contributed by atoms with Crippen LogP contribution in [0.3, 0.4) is 0 Å². The first-order valence-electron chi connectivity index (χ1n) is 5.62. The number of nitrogens with zero attached hydrogens (tertiary/aromatic N) is 2. The second kappa shape index (κ2) is 4.48. The van der Waals surface area contributed by atoms with Crippen molar-refractivity contribution in [2.75, 3.05) is 13.1 Å². The highest BCUT2D eigenvalue weighted by Gasteiger charge is 2.28. The average Bonchev–Trinajstić information content (AvgIpc) is 2.50. The van der Waals surface area contributed by atoms with Gasteiger partial charge in [0.2, 0.25) is 0 Å². The Bertz CT molecular complexity index is 485. The van der Waals surface area contributed by atoms with E-state index in [1.807, 2.05) is 0 Å². The molecule has 1 fully saturated rings. The monoisotopic (exact) mass is 257 g/mol. The van der Waals surface area contributed by atoms with E-state index in [0.717, 1.165) is 31.8 Å². The second-order valence-electron chi connectivity index (χ2n) is 4.20. The molecule has 0 saturated carbocycles. The molecule has 0 atom stereocenters. The highest BCUT2D eigenvalue weighted by atomic mass is 32.2. The Hall–Kier alpha value is -1.37. The number of sulfonamides is 1. The summed E-state index contributed by atoms with van der Waals surface area (Å²) in [5.74, 6) is -0.337. The van der Waals surface area contributed by atoms with Gasteiger partial charge >= 0.3 is 0 Å². The summed E-state index contributed by atoms with van der Waals surface area (Å²) in [6, 6.07) is 0. The van der Waals surface area contributed by atoms with Crippen LogP contribution in [0.15, 0.2) is 15.5 Å². The van der Waals surface area contributed by atoms with Crippen molar-refractivity contribution in [2.45, 2.75) is 25.7 Å². The van der Waals surface area contributed by atoms with E-state index < -0.39 is 10.0 Å². The highest BCUT2D eigenvalue weighted by Crippen LogP contribution is 2.15. The number of nitrogens with two attached hydrogens (primary N) is 1. The van der Waals surface area contributed by atoms with Crippen LogP contribution in [0.25, 0.3) is 0 Å².